The van der Waals surface area contributed by atoms with Gasteiger partial charge >= 0.3 is 6.18 Å². The van der Waals surface area contributed by atoms with Gasteiger partial charge in [0.25, 0.3) is 0 Å². The van der Waals surface area contributed by atoms with Crippen LogP contribution in [0.3, 0.4) is 0 Å². The Morgan fingerprint density at radius 3 is 2.61 bits per heavy atom. The van der Waals surface area contributed by atoms with Crippen LogP contribution in [-0.2, 0) is 12.7 Å². The van der Waals surface area contributed by atoms with Gasteiger partial charge in [-0.2, -0.15) is 17.6 Å². The molecule has 0 bridgehead atoms. The summed E-state index contributed by atoms with van der Waals surface area (Å²) in [6, 6.07) is 2.61. The number of hydrogen-bond acceptors (Lipinski definition) is 6. The maximum absolute atomic E-state index is 14.4. The zero-order chi connectivity index (χ0) is 23.9. The van der Waals surface area contributed by atoms with Crippen LogP contribution in [0.2, 0.25) is 5.15 Å². The van der Waals surface area contributed by atoms with E-state index in [9.17, 15) is 22.0 Å². The molecule has 0 aliphatic carbocycles. The molecule has 1 fully saturated rings. The molecule has 1 N–H and O–H groups in total. The van der Waals surface area contributed by atoms with Crippen molar-refractivity contribution in [3.8, 4) is 11.3 Å². The summed E-state index contributed by atoms with van der Waals surface area (Å²) in [4.78, 5) is 14.9. The third-order valence-electron chi connectivity index (χ3n) is 5.38. The Kier molecular flexibility index (Phi) is 6.56. The van der Waals surface area contributed by atoms with Crippen LogP contribution in [0.25, 0.3) is 11.3 Å². The number of hydrogen-bond donors (Lipinski definition) is 1. The van der Waals surface area contributed by atoms with Crippen LogP contribution in [0.5, 0.6) is 0 Å². The lowest BCUT2D eigenvalue weighted by molar-refractivity contribution is -0.137. The molecule has 12 heteroatoms. The molecule has 2 aromatic heterocycles. The summed E-state index contributed by atoms with van der Waals surface area (Å²) in [6.45, 7) is 4.85. The molecule has 3 heterocycles. The van der Waals surface area contributed by atoms with Gasteiger partial charge in [-0.05, 0) is 51.4 Å². The molecule has 33 heavy (non-hydrogen) atoms. The monoisotopic (exact) mass is 503 g/mol. The summed E-state index contributed by atoms with van der Waals surface area (Å²) < 4.78 is 68.3. The summed E-state index contributed by atoms with van der Waals surface area (Å²) >= 11 is 6.93. The van der Waals surface area contributed by atoms with Crippen LogP contribution in [-0.4, -0.2) is 32.4 Å². The van der Waals surface area contributed by atoms with Gasteiger partial charge in [0.05, 0.1) is 11.3 Å². The number of alkyl halides is 3. The van der Waals surface area contributed by atoms with Crippen molar-refractivity contribution in [2.45, 2.75) is 45.5 Å². The number of likely N-dealkylation sites (tertiary alicyclic amines) is 1. The van der Waals surface area contributed by atoms with Crippen molar-refractivity contribution in [1.29, 1.82) is 0 Å². The van der Waals surface area contributed by atoms with Gasteiger partial charge in [-0.25, -0.2) is 19.3 Å². The van der Waals surface area contributed by atoms with E-state index in [-0.39, 0.29) is 39.2 Å². The Morgan fingerprint density at radius 2 is 1.94 bits per heavy atom. The Morgan fingerprint density at radius 1 is 1.18 bits per heavy atom. The molecule has 176 valence electrons. The fourth-order valence-corrected chi connectivity index (χ4v) is 4.97. The first kappa shape index (κ1) is 23.8. The number of nitrogens with one attached hydrogen (secondary N) is 1. The van der Waals surface area contributed by atoms with E-state index in [0.717, 1.165) is 42.9 Å². The Balaban J connectivity index is 1.77. The summed E-state index contributed by atoms with van der Waals surface area (Å²) in [5.74, 6) is -1.87. The normalized spacial score (nSPS) is 17.0. The van der Waals surface area contributed by atoms with Crippen molar-refractivity contribution >= 4 is 33.9 Å². The molecule has 4 rings (SSSR count). The SMILES string of the molecule is Cc1nc(Cl)c(F)c(Nc2nc(-c3cc(F)cc(C(F)(F)F)c3)c(CN3CCC[C@H]3C)s2)n1. The molecular weight excluding hydrogens is 485 g/mol. The predicted molar refractivity (Wildman–Crippen MR) is 117 cm³/mol. The van der Waals surface area contributed by atoms with Crippen molar-refractivity contribution < 1.29 is 22.0 Å². The quantitative estimate of drug-likeness (QED) is 0.314. The van der Waals surface area contributed by atoms with Crippen molar-refractivity contribution in [2.24, 2.45) is 0 Å². The molecule has 0 unspecified atom stereocenters. The molecule has 1 atom stereocenters. The lowest BCUT2D eigenvalue weighted by Crippen LogP contribution is -2.25. The number of thiazole rings is 1. The molecule has 1 aliphatic heterocycles. The van der Waals surface area contributed by atoms with Crippen LogP contribution < -0.4 is 5.32 Å². The number of nitrogens with zero attached hydrogens (tertiary/aromatic N) is 4. The highest BCUT2D eigenvalue weighted by atomic mass is 35.5. The standard InChI is InChI=1S/C21H19ClF5N5S/c1-10-4-3-5-32(10)9-15-17(12-6-13(21(25,26)27)8-14(23)7-12)30-20(33-15)31-19-16(24)18(22)28-11(2)29-19/h6-8,10H,3-5,9H2,1-2H3,(H,28,29,30,31)/t10-/m1/s1. The van der Waals surface area contributed by atoms with Crippen molar-refractivity contribution in [3.05, 3.63) is 51.3 Å². The molecule has 3 aromatic rings. The Hall–Kier alpha value is -2.37. The topological polar surface area (TPSA) is 53.9 Å². The average Bonchev–Trinajstić information content (AvgIpc) is 3.31. The van der Waals surface area contributed by atoms with E-state index in [2.05, 4.69) is 32.1 Å². The Labute approximate surface area is 195 Å². The van der Waals surface area contributed by atoms with Gasteiger partial charge in [0.2, 0.25) is 5.82 Å². The summed E-state index contributed by atoms with van der Waals surface area (Å²) in [6.07, 6.45) is -2.71. The van der Waals surface area contributed by atoms with Gasteiger partial charge in [-0.3, -0.25) is 4.90 Å². The molecule has 1 aliphatic rings. The van der Waals surface area contributed by atoms with Crippen molar-refractivity contribution in [1.82, 2.24) is 19.9 Å². The van der Waals surface area contributed by atoms with E-state index in [1.807, 2.05) is 0 Å². The van der Waals surface area contributed by atoms with E-state index in [0.29, 0.717) is 17.5 Å². The fraction of sp³-hybridized carbons (Fsp3) is 0.381. The van der Waals surface area contributed by atoms with Gasteiger partial charge in [0, 0.05) is 23.0 Å². The maximum Gasteiger partial charge on any atom is 0.416 e. The first-order valence-electron chi connectivity index (χ1n) is 10.1. The van der Waals surface area contributed by atoms with E-state index in [4.69, 9.17) is 11.6 Å². The zero-order valence-electron chi connectivity index (χ0n) is 17.6. The molecular formula is C21H19ClF5N5S. The third kappa shape index (κ3) is 5.25. The molecule has 0 saturated carbocycles. The highest BCUT2D eigenvalue weighted by Crippen LogP contribution is 2.38. The number of aromatic nitrogens is 3. The minimum absolute atomic E-state index is 0.00847. The van der Waals surface area contributed by atoms with E-state index in [1.54, 1.807) is 0 Å². The van der Waals surface area contributed by atoms with Crippen LogP contribution in [0.1, 0.15) is 36.0 Å². The van der Waals surface area contributed by atoms with Crippen LogP contribution in [0.15, 0.2) is 18.2 Å². The predicted octanol–water partition coefficient (Wildman–Crippen LogP) is 6.59. The smallest absolute Gasteiger partial charge is 0.314 e. The molecule has 0 radical (unpaired) electrons. The second kappa shape index (κ2) is 9.11. The van der Waals surface area contributed by atoms with Crippen LogP contribution in [0.4, 0.5) is 32.9 Å². The van der Waals surface area contributed by atoms with Crippen molar-refractivity contribution in [3.63, 3.8) is 0 Å². The highest BCUT2D eigenvalue weighted by Gasteiger charge is 2.32. The fourth-order valence-electron chi connectivity index (χ4n) is 3.75. The van der Waals surface area contributed by atoms with Gasteiger partial charge in [0.15, 0.2) is 16.1 Å². The number of aryl methyl sites for hydroxylation is 1. The van der Waals surface area contributed by atoms with Gasteiger partial charge in [-0.15, -0.1) is 0 Å². The Bertz CT molecular complexity index is 1180. The largest absolute Gasteiger partial charge is 0.416 e. The summed E-state index contributed by atoms with van der Waals surface area (Å²) in [7, 11) is 0. The maximum atomic E-state index is 14.4. The summed E-state index contributed by atoms with van der Waals surface area (Å²) in [5.41, 5.74) is -0.917. The lowest BCUT2D eigenvalue weighted by atomic mass is 10.1. The molecule has 0 amide bonds. The molecule has 0 spiro atoms. The highest BCUT2D eigenvalue weighted by molar-refractivity contribution is 7.16. The van der Waals surface area contributed by atoms with Gasteiger partial charge in [-0.1, -0.05) is 22.9 Å². The third-order valence-corrected chi connectivity index (χ3v) is 6.59. The first-order chi connectivity index (χ1) is 15.5. The number of halogens is 6. The van der Waals surface area contributed by atoms with Crippen LogP contribution >= 0.6 is 22.9 Å². The minimum atomic E-state index is -4.71. The number of anilines is 2. The summed E-state index contributed by atoms with van der Waals surface area (Å²) in [5, 5.41) is 2.57. The van der Waals surface area contributed by atoms with E-state index < -0.39 is 23.4 Å². The van der Waals surface area contributed by atoms with Gasteiger partial charge < -0.3 is 5.32 Å². The number of rotatable bonds is 5. The van der Waals surface area contributed by atoms with Crippen molar-refractivity contribution in [2.75, 3.05) is 11.9 Å². The number of benzene rings is 1. The second-order valence-corrected chi connectivity index (χ2v) is 9.27. The van der Waals surface area contributed by atoms with E-state index in [1.165, 1.54) is 6.92 Å². The molecule has 1 saturated heterocycles. The van der Waals surface area contributed by atoms with E-state index >= 15 is 0 Å². The first-order valence-corrected chi connectivity index (χ1v) is 11.3. The molecule has 1 aromatic carbocycles. The average molecular weight is 504 g/mol. The zero-order valence-corrected chi connectivity index (χ0v) is 19.2. The second-order valence-electron chi connectivity index (χ2n) is 7.83. The molecule has 5 nitrogen and oxygen atoms in total. The minimum Gasteiger partial charge on any atom is -0.314 e. The van der Waals surface area contributed by atoms with Crippen LogP contribution in [0, 0.1) is 18.6 Å². The lowest BCUT2D eigenvalue weighted by Gasteiger charge is -2.20. The van der Waals surface area contributed by atoms with Gasteiger partial charge in [0.1, 0.15) is 11.6 Å².